The monoisotopic (exact) mass is 321 g/mol. The lowest BCUT2D eigenvalue weighted by atomic mass is 10.2. The molecule has 5 nitrogen and oxygen atoms in total. The molecule has 6 heteroatoms. The maximum Gasteiger partial charge on any atom is 0.255 e. The Labute approximate surface area is 118 Å². The number of likely N-dealkylation sites (tertiary alicyclic amines) is 1. The van der Waals surface area contributed by atoms with Crippen molar-refractivity contribution in [1.29, 1.82) is 0 Å². The molecule has 0 saturated carbocycles. The molecule has 1 aliphatic rings. The first-order chi connectivity index (χ1) is 9.15. The van der Waals surface area contributed by atoms with Crippen LogP contribution in [0.25, 0.3) is 10.9 Å². The van der Waals surface area contributed by atoms with E-state index >= 15 is 0 Å². The minimum atomic E-state index is -0.409. The van der Waals surface area contributed by atoms with Gasteiger partial charge in [-0.3, -0.25) is 14.8 Å². The molecule has 1 saturated heterocycles. The number of nitrogens with zero attached hydrogens (tertiary/aromatic N) is 3. The molecule has 2 aromatic heterocycles. The number of hydrogen-bond donors (Lipinski definition) is 1. The number of rotatable bonds is 1. The Kier molecular flexibility index (Phi) is 3.20. The third-order valence-corrected chi connectivity index (χ3v) is 3.89. The molecule has 1 aliphatic heterocycles. The summed E-state index contributed by atoms with van der Waals surface area (Å²) in [7, 11) is 0. The molecule has 0 aliphatic carbocycles. The number of hydrogen-bond acceptors (Lipinski definition) is 4. The zero-order valence-corrected chi connectivity index (χ0v) is 11.7. The van der Waals surface area contributed by atoms with Crippen molar-refractivity contribution in [2.45, 2.75) is 12.5 Å². The van der Waals surface area contributed by atoms with Crippen molar-refractivity contribution in [3.63, 3.8) is 0 Å². The predicted molar refractivity (Wildman–Crippen MR) is 73.8 cm³/mol. The molecule has 3 rings (SSSR count). The third kappa shape index (κ3) is 2.33. The Morgan fingerprint density at radius 2 is 2.26 bits per heavy atom. The van der Waals surface area contributed by atoms with E-state index < -0.39 is 6.10 Å². The molecule has 2 aromatic rings. The minimum absolute atomic E-state index is 0.0883. The molecular formula is C13H12BrN3O2. The number of carbonyl (C=O) groups excluding carboxylic acids is 1. The van der Waals surface area contributed by atoms with Crippen LogP contribution in [-0.4, -0.2) is 45.1 Å². The van der Waals surface area contributed by atoms with Crippen LogP contribution in [0.1, 0.15) is 16.8 Å². The van der Waals surface area contributed by atoms with Gasteiger partial charge in [-0.25, -0.2) is 0 Å². The fraction of sp³-hybridized carbons (Fsp3) is 0.308. The van der Waals surface area contributed by atoms with Gasteiger partial charge in [0.05, 0.1) is 23.4 Å². The van der Waals surface area contributed by atoms with E-state index in [2.05, 4.69) is 25.9 Å². The molecule has 0 spiro atoms. The van der Waals surface area contributed by atoms with Gasteiger partial charge in [-0.1, -0.05) is 0 Å². The maximum absolute atomic E-state index is 12.3. The number of aliphatic hydroxyl groups excluding tert-OH is 1. The second kappa shape index (κ2) is 4.86. The Morgan fingerprint density at radius 1 is 1.42 bits per heavy atom. The highest BCUT2D eigenvalue weighted by Gasteiger charge is 2.25. The first kappa shape index (κ1) is 12.5. The molecule has 1 atom stereocenters. The van der Waals surface area contributed by atoms with Gasteiger partial charge in [-0.15, -0.1) is 0 Å². The second-order valence-corrected chi connectivity index (χ2v) is 5.46. The Morgan fingerprint density at radius 3 is 3.00 bits per heavy atom. The van der Waals surface area contributed by atoms with Gasteiger partial charge in [0.15, 0.2) is 0 Å². The van der Waals surface area contributed by atoms with Gasteiger partial charge in [0, 0.05) is 35.3 Å². The molecule has 19 heavy (non-hydrogen) atoms. The standard InChI is InChI=1S/C13H12BrN3O2/c14-11-5-15-6-12-10(11)3-8(4-16-12)13(19)17-2-1-9(18)7-17/h3-6,9,18H,1-2,7H2/t9-/m1/s1. The fourth-order valence-corrected chi connectivity index (χ4v) is 2.67. The summed E-state index contributed by atoms with van der Waals surface area (Å²) in [5.74, 6) is -0.0883. The van der Waals surface area contributed by atoms with Crippen LogP contribution in [0, 0.1) is 0 Å². The summed E-state index contributed by atoms with van der Waals surface area (Å²) in [6.07, 6.45) is 5.13. The quantitative estimate of drug-likeness (QED) is 0.866. The van der Waals surface area contributed by atoms with Gasteiger partial charge in [-0.05, 0) is 28.4 Å². The van der Waals surface area contributed by atoms with Crippen LogP contribution in [0.2, 0.25) is 0 Å². The summed E-state index contributed by atoms with van der Waals surface area (Å²) < 4.78 is 0.814. The van der Waals surface area contributed by atoms with E-state index in [9.17, 15) is 9.90 Å². The van der Waals surface area contributed by atoms with Gasteiger partial charge in [0.25, 0.3) is 5.91 Å². The van der Waals surface area contributed by atoms with Crippen molar-refractivity contribution in [3.05, 3.63) is 34.7 Å². The summed E-state index contributed by atoms with van der Waals surface area (Å²) in [5, 5.41) is 10.3. The highest BCUT2D eigenvalue weighted by atomic mass is 79.9. The highest BCUT2D eigenvalue weighted by Crippen LogP contribution is 2.23. The molecule has 98 valence electrons. The Bertz CT molecular complexity index is 647. The van der Waals surface area contributed by atoms with Crippen LogP contribution in [0.5, 0.6) is 0 Å². The topological polar surface area (TPSA) is 66.3 Å². The normalized spacial score (nSPS) is 19.1. The second-order valence-electron chi connectivity index (χ2n) is 4.61. The molecule has 0 aromatic carbocycles. The van der Waals surface area contributed by atoms with Crippen LogP contribution in [0.3, 0.4) is 0 Å². The Hall–Kier alpha value is -1.53. The minimum Gasteiger partial charge on any atom is -0.391 e. The van der Waals surface area contributed by atoms with Gasteiger partial charge >= 0.3 is 0 Å². The molecule has 0 unspecified atom stereocenters. The van der Waals surface area contributed by atoms with Crippen molar-refractivity contribution < 1.29 is 9.90 Å². The average molecular weight is 322 g/mol. The number of carbonyl (C=O) groups is 1. The SMILES string of the molecule is O=C(c1cnc2cncc(Br)c2c1)N1CC[C@@H](O)C1. The molecule has 1 N–H and O–H groups in total. The molecule has 0 bridgehead atoms. The summed E-state index contributed by atoms with van der Waals surface area (Å²) >= 11 is 3.41. The van der Waals surface area contributed by atoms with Gasteiger partial charge in [0.1, 0.15) is 0 Å². The summed E-state index contributed by atoms with van der Waals surface area (Å²) in [6, 6.07) is 1.81. The van der Waals surface area contributed by atoms with E-state index in [1.807, 2.05) is 0 Å². The first-order valence-corrected chi connectivity index (χ1v) is 6.81. The lowest BCUT2D eigenvalue weighted by molar-refractivity contribution is 0.0765. The number of β-amino-alcohol motifs (C(OH)–C–C–N with tert-alkyl or cyclic N) is 1. The van der Waals surface area contributed by atoms with Crippen LogP contribution < -0.4 is 0 Å². The lowest BCUT2D eigenvalue weighted by Crippen LogP contribution is -2.29. The van der Waals surface area contributed by atoms with Crippen LogP contribution >= 0.6 is 15.9 Å². The zero-order valence-electron chi connectivity index (χ0n) is 10.1. The van der Waals surface area contributed by atoms with E-state index in [0.717, 1.165) is 15.4 Å². The maximum atomic E-state index is 12.3. The number of fused-ring (bicyclic) bond motifs is 1. The fourth-order valence-electron chi connectivity index (χ4n) is 2.24. The van der Waals surface area contributed by atoms with Crippen LogP contribution in [-0.2, 0) is 0 Å². The number of pyridine rings is 2. The third-order valence-electron chi connectivity index (χ3n) is 3.26. The lowest BCUT2D eigenvalue weighted by Gasteiger charge is -2.15. The first-order valence-electron chi connectivity index (χ1n) is 6.02. The van der Waals surface area contributed by atoms with Gasteiger partial charge in [0.2, 0.25) is 0 Å². The van der Waals surface area contributed by atoms with Crippen molar-refractivity contribution in [1.82, 2.24) is 14.9 Å². The summed E-state index contributed by atoms with van der Waals surface area (Å²) in [4.78, 5) is 22.2. The molecule has 1 fully saturated rings. The summed E-state index contributed by atoms with van der Waals surface area (Å²) in [6.45, 7) is 0.990. The van der Waals surface area contributed by atoms with Crippen molar-refractivity contribution in [2.75, 3.05) is 13.1 Å². The smallest absolute Gasteiger partial charge is 0.255 e. The van der Waals surface area contributed by atoms with E-state index in [1.54, 1.807) is 29.6 Å². The zero-order chi connectivity index (χ0) is 13.4. The van der Waals surface area contributed by atoms with Crippen molar-refractivity contribution in [3.8, 4) is 0 Å². The van der Waals surface area contributed by atoms with E-state index in [0.29, 0.717) is 25.1 Å². The highest BCUT2D eigenvalue weighted by molar-refractivity contribution is 9.10. The predicted octanol–water partition coefficient (Wildman–Crippen LogP) is 1.60. The van der Waals surface area contributed by atoms with Crippen LogP contribution in [0.15, 0.2) is 29.1 Å². The number of amides is 1. The van der Waals surface area contributed by atoms with E-state index in [4.69, 9.17) is 0 Å². The molecular weight excluding hydrogens is 310 g/mol. The van der Waals surface area contributed by atoms with E-state index in [-0.39, 0.29) is 5.91 Å². The van der Waals surface area contributed by atoms with Crippen molar-refractivity contribution in [2.24, 2.45) is 0 Å². The van der Waals surface area contributed by atoms with Crippen molar-refractivity contribution >= 4 is 32.7 Å². The molecule has 3 heterocycles. The number of aromatic nitrogens is 2. The average Bonchev–Trinajstić information content (AvgIpc) is 2.85. The van der Waals surface area contributed by atoms with Crippen LogP contribution in [0.4, 0.5) is 0 Å². The number of aliphatic hydroxyl groups is 1. The van der Waals surface area contributed by atoms with Gasteiger partial charge in [-0.2, -0.15) is 0 Å². The molecule has 1 amide bonds. The van der Waals surface area contributed by atoms with E-state index in [1.165, 1.54) is 0 Å². The van der Waals surface area contributed by atoms with Gasteiger partial charge < -0.3 is 10.0 Å². The Balaban J connectivity index is 1.97. The molecule has 0 radical (unpaired) electrons. The number of halogens is 1. The summed E-state index contributed by atoms with van der Waals surface area (Å²) in [5.41, 5.74) is 1.28. The largest absolute Gasteiger partial charge is 0.391 e.